The summed E-state index contributed by atoms with van der Waals surface area (Å²) >= 11 is 0. The number of piperazine rings is 1. The molecule has 0 saturated carbocycles. The van der Waals surface area contributed by atoms with Crippen LogP contribution in [0, 0.1) is 11.3 Å². The van der Waals surface area contributed by atoms with Gasteiger partial charge in [-0.25, -0.2) is 4.98 Å². The quantitative estimate of drug-likeness (QED) is 0.621. The lowest BCUT2D eigenvalue weighted by Gasteiger charge is -2.31. The SMILES string of the molecule is N#CC1CNCCN1CC(=O)NNc1ccccn1. The first-order valence-corrected chi connectivity index (χ1v) is 6.10. The number of carbonyl (C=O) groups excluding carboxylic acids is 1. The van der Waals surface area contributed by atoms with Gasteiger partial charge >= 0.3 is 0 Å². The van der Waals surface area contributed by atoms with Crippen molar-refractivity contribution in [1.82, 2.24) is 20.6 Å². The lowest BCUT2D eigenvalue weighted by molar-refractivity contribution is -0.122. The molecular weight excluding hydrogens is 244 g/mol. The van der Waals surface area contributed by atoms with Crippen LogP contribution in [0.2, 0.25) is 0 Å². The molecule has 1 unspecified atom stereocenters. The first-order chi connectivity index (χ1) is 9.29. The summed E-state index contributed by atoms with van der Waals surface area (Å²) in [6.07, 6.45) is 1.64. The number of nitriles is 1. The minimum absolute atomic E-state index is 0.187. The largest absolute Gasteiger partial charge is 0.313 e. The lowest BCUT2D eigenvalue weighted by atomic mass is 10.2. The zero-order valence-corrected chi connectivity index (χ0v) is 10.5. The van der Waals surface area contributed by atoms with E-state index in [0.29, 0.717) is 18.9 Å². The Morgan fingerprint density at radius 2 is 2.53 bits per heavy atom. The van der Waals surface area contributed by atoms with Crippen LogP contribution in [-0.2, 0) is 4.79 Å². The van der Waals surface area contributed by atoms with E-state index in [9.17, 15) is 4.79 Å². The molecule has 1 amide bonds. The minimum atomic E-state index is -0.255. The first kappa shape index (κ1) is 13.3. The molecule has 100 valence electrons. The summed E-state index contributed by atoms with van der Waals surface area (Å²) in [7, 11) is 0. The molecular formula is C12H16N6O. The maximum absolute atomic E-state index is 11.8. The zero-order chi connectivity index (χ0) is 13.5. The highest BCUT2D eigenvalue weighted by Crippen LogP contribution is 2.01. The van der Waals surface area contributed by atoms with E-state index in [2.05, 4.69) is 27.2 Å². The van der Waals surface area contributed by atoms with Gasteiger partial charge in [0, 0.05) is 25.8 Å². The molecule has 7 nitrogen and oxygen atoms in total. The third kappa shape index (κ3) is 3.91. The van der Waals surface area contributed by atoms with E-state index in [1.165, 1.54) is 0 Å². The molecule has 1 aliphatic heterocycles. The van der Waals surface area contributed by atoms with Crippen LogP contribution in [0.4, 0.5) is 5.82 Å². The van der Waals surface area contributed by atoms with Gasteiger partial charge in [-0.1, -0.05) is 6.07 Å². The van der Waals surface area contributed by atoms with Crippen molar-refractivity contribution in [2.75, 3.05) is 31.6 Å². The van der Waals surface area contributed by atoms with Gasteiger partial charge in [0.25, 0.3) is 5.91 Å². The van der Waals surface area contributed by atoms with Gasteiger partial charge in [0.15, 0.2) is 0 Å². The van der Waals surface area contributed by atoms with Crippen LogP contribution in [0.3, 0.4) is 0 Å². The Morgan fingerprint density at radius 3 is 3.26 bits per heavy atom. The number of nitrogens with zero attached hydrogens (tertiary/aromatic N) is 3. The van der Waals surface area contributed by atoms with Crippen molar-refractivity contribution in [1.29, 1.82) is 5.26 Å². The van der Waals surface area contributed by atoms with E-state index >= 15 is 0 Å². The van der Waals surface area contributed by atoms with E-state index in [4.69, 9.17) is 5.26 Å². The maximum Gasteiger partial charge on any atom is 0.252 e. The number of hydrogen-bond acceptors (Lipinski definition) is 6. The molecule has 19 heavy (non-hydrogen) atoms. The van der Waals surface area contributed by atoms with Crippen LogP contribution in [-0.4, -0.2) is 48.0 Å². The molecule has 1 saturated heterocycles. The van der Waals surface area contributed by atoms with E-state index in [0.717, 1.165) is 6.54 Å². The van der Waals surface area contributed by atoms with Gasteiger partial charge < -0.3 is 5.32 Å². The number of amides is 1. The van der Waals surface area contributed by atoms with Gasteiger partial charge in [0.2, 0.25) is 0 Å². The van der Waals surface area contributed by atoms with Gasteiger partial charge in [-0.3, -0.25) is 20.5 Å². The fourth-order valence-corrected chi connectivity index (χ4v) is 1.86. The average molecular weight is 260 g/mol. The lowest BCUT2D eigenvalue weighted by Crippen LogP contribution is -2.53. The fourth-order valence-electron chi connectivity index (χ4n) is 1.86. The zero-order valence-electron chi connectivity index (χ0n) is 10.5. The molecule has 0 bridgehead atoms. The Labute approximate surface area is 111 Å². The first-order valence-electron chi connectivity index (χ1n) is 6.10. The summed E-state index contributed by atoms with van der Waals surface area (Å²) in [4.78, 5) is 17.7. The van der Waals surface area contributed by atoms with Crippen LogP contribution in [0.25, 0.3) is 0 Å². The van der Waals surface area contributed by atoms with Crippen molar-refractivity contribution in [3.8, 4) is 6.07 Å². The third-order valence-electron chi connectivity index (χ3n) is 2.84. The second kappa shape index (κ2) is 6.68. The summed E-state index contributed by atoms with van der Waals surface area (Å²) in [5.41, 5.74) is 5.30. The van der Waals surface area contributed by atoms with E-state index < -0.39 is 0 Å². The molecule has 1 aromatic heterocycles. The minimum Gasteiger partial charge on any atom is -0.313 e. The normalized spacial score (nSPS) is 19.4. The van der Waals surface area contributed by atoms with E-state index in [1.807, 2.05) is 11.0 Å². The maximum atomic E-state index is 11.8. The highest BCUT2D eigenvalue weighted by Gasteiger charge is 2.23. The van der Waals surface area contributed by atoms with Crippen LogP contribution >= 0.6 is 0 Å². The molecule has 1 aromatic rings. The highest BCUT2D eigenvalue weighted by molar-refractivity contribution is 5.79. The van der Waals surface area contributed by atoms with E-state index in [-0.39, 0.29) is 18.5 Å². The van der Waals surface area contributed by atoms with Crippen LogP contribution in [0.5, 0.6) is 0 Å². The predicted octanol–water partition coefficient (Wildman–Crippen LogP) is -0.678. The molecule has 1 fully saturated rings. The standard InChI is InChI=1S/C12H16N6O/c13-7-10-8-14-5-6-18(10)9-12(19)17-16-11-3-1-2-4-15-11/h1-4,10,14H,5-6,8-9H2,(H,15,16)(H,17,19). The van der Waals surface area contributed by atoms with Crippen LogP contribution in [0.1, 0.15) is 0 Å². The molecule has 7 heteroatoms. The Bertz CT molecular complexity index is 457. The van der Waals surface area contributed by atoms with Gasteiger partial charge in [-0.2, -0.15) is 5.26 Å². The summed E-state index contributed by atoms with van der Waals surface area (Å²) in [6.45, 7) is 2.27. The van der Waals surface area contributed by atoms with Crippen molar-refractivity contribution >= 4 is 11.7 Å². The van der Waals surface area contributed by atoms with Gasteiger partial charge in [0.05, 0.1) is 12.6 Å². The van der Waals surface area contributed by atoms with Crippen molar-refractivity contribution < 1.29 is 4.79 Å². The number of aromatic nitrogens is 1. The molecule has 2 heterocycles. The number of hydrazine groups is 1. The van der Waals surface area contributed by atoms with Gasteiger partial charge in [-0.05, 0) is 12.1 Å². The number of rotatable bonds is 4. The smallest absolute Gasteiger partial charge is 0.252 e. The summed E-state index contributed by atoms with van der Waals surface area (Å²) in [5, 5.41) is 12.1. The molecule has 3 N–H and O–H groups in total. The molecule has 0 radical (unpaired) electrons. The number of nitrogens with one attached hydrogen (secondary N) is 3. The molecule has 0 aliphatic carbocycles. The molecule has 0 spiro atoms. The average Bonchev–Trinajstić information content (AvgIpc) is 2.47. The van der Waals surface area contributed by atoms with Crippen molar-refractivity contribution in [2.24, 2.45) is 0 Å². The number of anilines is 1. The van der Waals surface area contributed by atoms with Crippen LogP contribution < -0.4 is 16.2 Å². The molecule has 0 aromatic carbocycles. The van der Waals surface area contributed by atoms with Crippen molar-refractivity contribution in [2.45, 2.75) is 6.04 Å². The summed E-state index contributed by atoms with van der Waals surface area (Å²) in [5.74, 6) is 0.390. The Kier molecular flexibility index (Phi) is 4.66. The monoisotopic (exact) mass is 260 g/mol. The van der Waals surface area contributed by atoms with Gasteiger partial charge in [-0.15, -0.1) is 0 Å². The summed E-state index contributed by atoms with van der Waals surface area (Å²) < 4.78 is 0. The topological polar surface area (TPSA) is 93.1 Å². The Hall–Kier alpha value is -2.17. The molecule has 2 rings (SSSR count). The van der Waals surface area contributed by atoms with E-state index in [1.54, 1.807) is 18.3 Å². The van der Waals surface area contributed by atoms with Crippen LogP contribution in [0.15, 0.2) is 24.4 Å². The Balaban J connectivity index is 1.79. The molecule has 1 aliphatic rings. The highest BCUT2D eigenvalue weighted by atomic mass is 16.2. The summed E-state index contributed by atoms with van der Waals surface area (Å²) in [6, 6.07) is 7.30. The van der Waals surface area contributed by atoms with Crippen molar-refractivity contribution in [3.05, 3.63) is 24.4 Å². The van der Waals surface area contributed by atoms with Gasteiger partial charge in [0.1, 0.15) is 11.9 Å². The second-order valence-corrected chi connectivity index (χ2v) is 4.21. The third-order valence-corrected chi connectivity index (χ3v) is 2.84. The number of carbonyl (C=O) groups is 1. The fraction of sp³-hybridized carbons (Fsp3) is 0.417. The number of hydrogen-bond donors (Lipinski definition) is 3. The number of pyridine rings is 1. The molecule has 1 atom stereocenters. The Morgan fingerprint density at radius 1 is 1.63 bits per heavy atom. The van der Waals surface area contributed by atoms with Crippen molar-refractivity contribution in [3.63, 3.8) is 0 Å². The predicted molar refractivity (Wildman–Crippen MR) is 69.8 cm³/mol. The second-order valence-electron chi connectivity index (χ2n) is 4.21.